The monoisotopic (exact) mass is 380 g/mol. The van der Waals surface area contributed by atoms with Crippen LogP contribution >= 0.6 is 0 Å². The Morgan fingerprint density at radius 3 is 2.57 bits per heavy atom. The highest BCUT2D eigenvalue weighted by atomic mass is 19.1. The summed E-state index contributed by atoms with van der Waals surface area (Å²) in [5.41, 5.74) is 3.87. The van der Waals surface area contributed by atoms with Crippen molar-refractivity contribution in [3.63, 3.8) is 0 Å². The number of H-pyrrole nitrogens is 1. The second-order valence-corrected chi connectivity index (χ2v) is 7.59. The molecule has 2 heterocycles. The van der Waals surface area contributed by atoms with E-state index in [4.69, 9.17) is 4.74 Å². The van der Waals surface area contributed by atoms with Crippen molar-refractivity contribution in [2.45, 2.75) is 38.9 Å². The number of nitrogens with zero attached hydrogens (tertiary/aromatic N) is 1. The van der Waals surface area contributed by atoms with Crippen LogP contribution in [0.1, 0.15) is 25.8 Å². The summed E-state index contributed by atoms with van der Waals surface area (Å²) in [7, 11) is 0. The van der Waals surface area contributed by atoms with Gasteiger partial charge in [-0.3, -0.25) is 4.79 Å². The first-order valence-electron chi connectivity index (χ1n) is 9.80. The number of hydrogen-bond acceptors (Lipinski definition) is 2. The van der Waals surface area contributed by atoms with Gasteiger partial charge in [0.05, 0.1) is 12.2 Å². The van der Waals surface area contributed by atoms with Crippen LogP contribution in [0.4, 0.5) is 4.39 Å². The van der Waals surface area contributed by atoms with Crippen LogP contribution in [-0.4, -0.2) is 41.1 Å². The van der Waals surface area contributed by atoms with Crippen LogP contribution in [0.5, 0.6) is 0 Å². The third-order valence-corrected chi connectivity index (χ3v) is 5.29. The fraction of sp³-hybridized carbons (Fsp3) is 0.348. The summed E-state index contributed by atoms with van der Waals surface area (Å²) in [5, 5.41) is 0.843. The predicted molar refractivity (Wildman–Crippen MR) is 109 cm³/mol. The topological polar surface area (TPSA) is 45.3 Å². The van der Waals surface area contributed by atoms with Gasteiger partial charge in [-0.1, -0.05) is 30.3 Å². The van der Waals surface area contributed by atoms with E-state index in [0.717, 1.165) is 27.7 Å². The molecule has 0 aliphatic carbocycles. The molecule has 4 nitrogen and oxygen atoms in total. The Balaban J connectivity index is 1.62. The quantitative estimate of drug-likeness (QED) is 0.722. The average Bonchev–Trinajstić information content (AvgIpc) is 3.03. The minimum Gasteiger partial charge on any atom is -0.372 e. The molecule has 0 radical (unpaired) electrons. The minimum atomic E-state index is -0.269. The largest absolute Gasteiger partial charge is 0.372 e. The molecule has 3 aromatic rings. The van der Waals surface area contributed by atoms with Crippen molar-refractivity contribution in [1.29, 1.82) is 0 Å². The molecule has 2 aromatic carbocycles. The lowest BCUT2D eigenvalue weighted by Gasteiger charge is -2.35. The van der Waals surface area contributed by atoms with E-state index in [2.05, 4.69) is 4.98 Å². The van der Waals surface area contributed by atoms with Crippen molar-refractivity contribution in [1.82, 2.24) is 9.88 Å². The molecule has 2 unspecified atom stereocenters. The molecule has 2 atom stereocenters. The van der Waals surface area contributed by atoms with E-state index in [0.29, 0.717) is 25.9 Å². The SMILES string of the molecule is CC1CN(C(=O)CCc2c(-c3ccccc3)[nH]c3ccc(F)cc23)CC(C)O1. The van der Waals surface area contributed by atoms with Crippen LogP contribution in [0.2, 0.25) is 0 Å². The summed E-state index contributed by atoms with van der Waals surface area (Å²) in [6.07, 6.45) is 1.06. The number of carbonyl (C=O) groups excluding carboxylic acids is 1. The zero-order valence-electron chi connectivity index (χ0n) is 16.2. The maximum absolute atomic E-state index is 13.9. The molecule has 5 heteroatoms. The lowest BCUT2D eigenvalue weighted by Crippen LogP contribution is -2.48. The van der Waals surface area contributed by atoms with Crippen LogP contribution in [0, 0.1) is 5.82 Å². The van der Waals surface area contributed by atoms with Gasteiger partial charge in [0, 0.05) is 36.1 Å². The molecule has 1 saturated heterocycles. The molecule has 4 rings (SSSR count). The third kappa shape index (κ3) is 3.80. The average molecular weight is 380 g/mol. The van der Waals surface area contributed by atoms with E-state index in [-0.39, 0.29) is 23.9 Å². The van der Waals surface area contributed by atoms with Gasteiger partial charge in [0.1, 0.15) is 5.82 Å². The van der Waals surface area contributed by atoms with Gasteiger partial charge in [0.15, 0.2) is 0 Å². The Bertz CT molecular complexity index is 973. The van der Waals surface area contributed by atoms with Crippen molar-refractivity contribution in [3.8, 4) is 11.3 Å². The number of morpholine rings is 1. The van der Waals surface area contributed by atoms with Gasteiger partial charge in [0.2, 0.25) is 5.91 Å². The number of aromatic nitrogens is 1. The number of halogens is 1. The van der Waals surface area contributed by atoms with Crippen LogP contribution in [0.3, 0.4) is 0 Å². The molecular formula is C23H25FN2O2. The fourth-order valence-corrected chi connectivity index (χ4v) is 4.10. The van der Waals surface area contributed by atoms with Crippen molar-refractivity contribution in [2.75, 3.05) is 13.1 Å². The highest BCUT2D eigenvalue weighted by Gasteiger charge is 2.26. The Hall–Kier alpha value is -2.66. The van der Waals surface area contributed by atoms with E-state index in [1.807, 2.05) is 49.1 Å². The number of nitrogens with one attached hydrogen (secondary N) is 1. The molecule has 1 aromatic heterocycles. The molecular weight excluding hydrogens is 355 g/mol. The molecule has 0 spiro atoms. The van der Waals surface area contributed by atoms with E-state index in [9.17, 15) is 9.18 Å². The minimum absolute atomic E-state index is 0.0507. The predicted octanol–water partition coefficient (Wildman–Crippen LogP) is 4.54. The Kier molecular flexibility index (Phi) is 5.18. The summed E-state index contributed by atoms with van der Waals surface area (Å²) in [5.74, 6) is -0.152. The number of ether oxygens (including phenoxy) is 1. The third-order valence-electron chi connectivity index (χ3n) is 5.29. The number of aryl methyl sites for hydroxylation is 1. The molecule has 1 aliphatic rings. The second kappa shape index (κ2) is 7.76. The number of benzene rings is 2. The van der Waals surface area contributed by atoms with E-state index in [1.54, 1.807) is 12.1 Å². The molecule has 1 amide bonds. The van der Waals surface area contributed by atoms with E-state index < -0.39 is 0 Å². The second-order valence-electron chi connectivity index (χ2n) is 7.59. The van der Waals surface area contributed by atoms with Crippen molar-refractivity contribution in [3.05, 3.63) is 59.9 Å². The number of fused-ring (bicyclic) bond motifs is 1. The first-order chi connectivity index (χ1) is 13.5. The molecule has 1 aliphatic heterocycles. The lowest BCUT2D eigenvalue weighted by molar-refractivity contribution is -0.143. The smallest absolute Gasteiger partial charge is 0.223 e. The molecule has 0 saturated carbocycles. The maximum Gasteiger partial charge on any atom is 0.223 e. The summed E-state index contributed by atoms with van der Waals surface area (Å²) >= 11 is 0. The Labute approximate surface area is 164 Å². The fourth-order valence-electron chi connectivity index (χ4n) is 4.10. The first-order valence-corrected chi connectivity index (χ1v) is 9.80. The summed E-state index contributed by atoms with van der Waals surface area (Å²) in [4.78, 5) is 18.1. The molecule has 1 fully saturated rings. The highest BCUT2D eigenvalue weighted by molar-refractivity contribution is 5.91. The summed E-state index contributed by atoms with van der Waals surface area (Å²) < 4.78 is 19.6. The van der Waals surface area contributed by atoms with Gasteiger partial charge in [0.25, 0.3) is 0 Å². The molecule has 28 heavy (non-hydrogen) atoms. The van der Waals surface area contributed by atoms with Crippen LogP contribution in [0.25, 0.3) is 22.2 Å². The van der Waals surface area contributed by atoms with Crippen molar-refractivity contribution in [2.24, 2.45) is 0 Å². The lowest BCUT2D eigenvalue weighted by atomic mass is 10.0. The van der Waals surface area contributed by atoms with Gasteiger partial charge < -0.3 is 14.6 Å². The highest BCUT2D eigenvalue weighted by Crippen LogP contribution is 2.32. The first kappa shape index (κ1) is 18.7. The van der Waals surface area contributed by atoms with Crippen molar-refractivity contribution < 1.29 is 13.9 Å². The molecule has 146 valence electrons. The summed E-state index contributed by atoms with van der Waals surface area (Å²) in [6.45, 7) is 5.23. The zero-order valence-corrected chi connectivity index (χ0v) is 16.2. The number of rotatable bonds is 4. The zero-order chi connectivity index (χ0) is 19.7. The van der Waals surface area contributed by atoms with Gasteiger partial charge in [-0.25, -0.2) is 4.39 Å². The number of carbonyl (C=O) groups is 1. The standard InChI is InChI=1S/C23H25FN2O2/c1-15-13-26(14-16(2)28-15)22(27)11-9-19-20-12-18(24)8-10-21(20)25-23(19)17-6-4-3-5-7-17/h3-8,10,12,15-16,25H,9,11,13-14H2,1-2H3. The van der Waals surface area contributed by atoms with Crippen LogP contribution in [0.15, 0.2) is 48.5 Å². The van der Waals surface area contributed by atoms with Crippen molar-refractivity contribution >= 4 is 16.8 Å². The maximum atomic E-state index is 13.9. The van der Waals surface area contributed by atoms with Gasteiger partial charge in [-0.05, 0) is 49.6 Å². The Morgan fingerprint density at radius 2 is 1.86 bits per heavy atom. The Morgan fingerprint density at radius 1 is 1.14 bits per heavy atom. The van der Waals surface area contributed by atoms with Gasteiger partial charge in [-0.15, -0.1) is 0 Å². The molecule has 1 N–H and O–H groups in total. The van der Waals surface area contributed by atoms with E-state index >= 15 is 0 Å². The van der Waals surface area contributed by atoms with Crippen LogP contribution in [-0.2, 0) is 16.0 Å². The number of hydrogen-bond donors (Lipinski definition) is 1. The normalized spacial score (nSPS) is 19.9. The van der Waals surface area contributed by atoms with Gasteiger partial charge >= 0.3 is 0 Å². The van der Waals surface area contributed by atoms with Gasteiger partial charge in [-0.2, -0.15) is 0 Å². The number of aromatic amines is 1. The molecule has 0 bridgehead atoms. The van der Waals surface area contributed by atoms with E-state index in [1.165, 1.54) is 6.07 Å². The number of amides is 1. The van der Waals surface area contributed by atoms with Crippen LogP contribution < -0.4 is 0 Å². The summed E-state index contributed by atoms with van der Waals surface area (Å²) in [6, 6.07) is 14.7.